The average molecular weight is 166 g/mol. The van der Waals surface area contributed by atoms with E-state index in [-0.39, 0.29) is 42.3 Å². The van der Waals surface area contributed by atoms with E-state index in [2.05, 4.69) is 0 Å². The second-order valence-corrected chi connectivity index (χ2v) is 0. The van der Waals surface area contributed by atoms with Gasteiger partial charge in [-0.1, -0.05) is 0 Å². The Kier molecular flexibility index (Phi) is 1500. The van der Waals surface area contributed by atoms with Crippen LogP contribution in [0, 0.1) is 0 Å². The van der Waals surface area contributed by atoms with Crippen LogP contribution in [0.15, 0.2) is 0 Å². The van der Waals surface area contributed by atoms with Crippen LogP contribution in [0.25, 0.3) is 0 Å². The summed E-state index contributed by atoms with van der Waals surface area (Å²) < 4.78 is 0. The van der Waals surface area contributed by atoms with Crippen LogP contribution in [-0.2, 0) is 0 Å². The van der Waals surface area contributed by atoms with Gasteiger partial charge >= 0.3 is 25.8 Å². The minimum Gasteiger partial charge on any atom is -0.870 e. The molecule has 3 N–H and O–H groups in total. The molecule has 0 aromatic rings. The quantitative estimate of drug-likeness (QED) is 0.466. The van der Waals surface area contributed by atoms with Crippen molar-refractivity contribution in [2.45, 2.75) is 0 Å². The third-order valence-corrected chi connectivity index (χ3v) is 0. The Hall–Kier alpha value is 0.750. The predicted molar refractivity (Wildman–Crippen MR) is 11.6 cm³/mol. The van der Waals surface area contributed by atoms with Gasteiger partial charge in [-0.05, 0) is 0 Å². The monoisotopic (exact) mass is 166 g/mol. The SMILES string of the molecule is [In+3].[OH-].[OH-].[OH-]. The Labute approximate surface area is 42.7 Å². The molecule has 0 aliphatic carbocycles. The standard InChI is InChI=1S/In.3H2O/h;3*1H2/q+3;;;/p-3. The van der Waals surface area contributed by atoms with Crippen molar-refractivity contribution >= 4 is 25.8 Å². The fraction of sp³-hybridized carbons (Fsp3) is 0. The molecule has 0 aromatic carbocycles. The van der Waals surface area contributed by atoms with Gasteiger partial charge in [0.1, 0.15) is 0 Å². The van der Waals surface area contributed by atoms with E-state index in [1.165, 1.54) is 0 Å². The first-order chi connectivity index (χ1) is 0. The van der Waals surface area contributed by atoms with Gasteiger partial charge in [-0.15, -0.1) is 0 Å². The molecule has 3 nitrogen and oxygen atoms in total. The molecule has 4 heavy (non-hydrogen) atoms. The van der Waals surface area contributed by atoms with Gasteiger partial charge in [0.15, 0.2) is 0 Å². The second kappa shape index (κ2) is 50.4. The molecule has 4 heteroatoms. The molecule has 24 valence electrons. The minimum atomic E-state index is 0. The van der Waals surface area contributed by atoms with Crippen molar-refractivity contribution in [1.29, 1.82) is 0 Å². The number of hydrogen-bond donors (Lipinski definition) is 0. The first kappa shape index (κ1) is 119. The van der Waals surface area contributed by atoms with E-state index in [1.807, 2.05) is 0 Å². The van der Waals surface area contributed by atoms with Crippen LogP contribution in [0.3, 0.4) is 0 Å². The Morgan fingerprint density at radius 3 is 0.500 bits per heavy atom. The van der Waals surface area contributed by atoms with E-state index in [4.69, 9.17) is 0 Å². The molecular weight excluding hydrogens is 163 g/mol. The third kappa shape index (κ3) is 15.0. The molecule has 0 atom stereocenters. The topological polar surface area (TPSA) is 90.0 Å². The number of rotatable bonds is 0. The predicted octanol–water partition coefficient (Wildman–Crippen LogP) is -0.911. The molecule has 0 spiro atoms. The summed E-state index contributed by atoms with van der Waals surface area (Å²) in [4.78, 5) is 0. The van der Waals surface area contributed by atoms with E-state index in [9.17, 15) is 0 Å². The average Bonchev–Trinajstić information content (AvgIpc) is 0. The van der Waals surface area contributed by atoms with Crippen molar-refractivity contribution < 1.29 is 16.4 Å². The maximum absolute atomic E-state index is 0. The van der Waals surface area contributed by atoms with E-state index in [1.54, 1.807) is 0 Å². The molecule has 0 unspecified atom stereocenters. The van der Waals surface area contributed by atoms with Gasteiger partial charge in [-0.2, -0.15) is 0 Å². The maximum Gasteiger partial charge on any atom is 3.00 e. The van der Waals surface area contributed by atoms with Gasteiger partial charge in [0.25, 0.3) is 0 Å². The van der Waals surface area contributed by atoms with Crippen LogP contribution in [-0.4, -0.2) is 42.3 Å². The van der Waals surface area contributed by atoms with Crippen molar-refractivity contribution in [3.63, 3.8) is 0 Å². The molecule has 0 saturated carbocycles. The number of hydrogen-bond acceptors (Lipinski definition) is 3. The maximum atomic E-state index is 0. The summed E-state index contributed by atoms with van der Waals surface area (Å²) in [5, 5.41) is 0. The Balaban J connectivity index is 0. The van der Waals surface area contributed by atoms with E-state index < -0.39 is 0 Å². The molecule has 0 fully saturated rings. The van der Waals surface area contributed by atoms with Gasteiger partial charge in [0, 0.05) is 0 Å². The smallest absolute Gasteiger partial charge is 0.870 e. The summed E-state index contributed by atoms with van der Waals surface area (Å²) in [6.07, 6.45) is 0. The Morgan fingerprint density at radius 2 is 0.500 bits per heavy atom. The first-order valence-corrected chi connectivity index (χ1v) is 0. The van der Waals surface area contributed by atoms with Crippen LogP contribution < -0.4 is 0 Å². The van der Waals surface area contributed by atoms with Crippen molar-refractivity contribution in [2.24, 2.45) is 0 Å². The van der Waals surface area contributed by atoms with Crippen LogP contribution in [0.2, 0.25) is 0 Å². The van der Waals surface area contributed by atoms with E-state index in [0.717, 1.165) is 0 Å². The van der Waals surface area contributed by atoms with Gasteiger partial charge in [-0.25, -0.2) is 0 Å². The van der Waals surface area contributed by atoms with E-state index in [0.29, 0.717) is 0 Å². The summed E-state index contributed by atoms with van der Waals surface area (Å²) in [7, 11) is 0. The zero-order valence-electron chi connectivity index (χ0n) is 1.92. The zero-order chi connectivity index (χ0) is 0. The Morgan fingerprint density at radius 1 is 0.500 bits per heavy atom. The summed E-state index contributed by atoms with van der Waals surface area (Å²) in [5.74, 6) is 0. The first-order valence-electron chi connectivity index (χ1n) is 0. The summed E-state index contributed by atoms with van der Waals surface area (Å²) in [6.45, 7) is 0. The van der Waals surface area contributed by atoms with Crippen molar-refractivity contribution in [3.05, 3.63) is 0 Å². The van der Waals surface area contributed by atoms with Gasteiger partial charge in [-0.3, -0.25) is 0 Å². The van der Waals surface area contributed by atoms with Crippen molar-refractivity contribution in [2.75, 3.05) is 0 Å². The summed E-state index contributed by atoms with van der Waals surface area (Å²) >= 11 is 0. The molecule has 0 aliphatic rings. The normalized spacial score (nSPS) is 0. The van der Waals surface area contributed by atoms with Crippen molar-refractivity contribution in [3.8, 4) is 0 Å². The summed E-state index contributed by atoms with van der Waals surface area (Å²) in [6, 6.07) is 0. The fourth-order valence-electron chi connectivity index (χ4n) is 0. The second-order valence-electron chi connectivity index (χ2n) is 0. The molecular formula is H3InO3. The fourth-order valence-corrected chi connectivity index (χ4v) is 0. The largest absolute Gasteiger partial charge is 3.00 e. The zero-order valence-corrected chi connectivity index (χ0v) is 5.21. The Bertz CT molecular complexity index is 3.25. The van der Waals surface area contributed by atoms with E-state index >= 15 is 0 Å². The third-order valence-electron chi connectivity index (χ3n) is 0. The molecule has 0 heterocycles. The van der Waals surface area contributed by atoms with Crippen LogP contribution >= 0.6 is 0 Å². The van der Waals surface area contributed by atoms with Gasteiger partial charge < -0.3 is 16.4 Å². The van der Waals surface area contributed by atoms with Gasteiger partial charge in [0.2, 0.25) is 0 Å². The molecule has 0 bridgehead atoms. The van der Waals surface area contributed by atoms with Crippen LogP contribution in [0.1, 0.15) is 0 Å². The molecule has 0 saturated heterocycles. The molecule has 0 radical (unpaired) electrons. The molecule has 0 amide bonds. The summed E-state index contributed by atoms with van der Waals surface area (Å²) in [5.41, 5.74) is 0. The molecule has 0 rings (SSSR count). The van der Waals surface area contributed by atoms with Gasteiger partial charge in [0.05, 0.1) is 0 Å². The molecule has 0 aliphatic heterocycles. The van der Waals surface area contributed by atoms with Crippen molar-refractivity contribution in [1.82, 2.24) is 0 Å². The van der Waals surface area contributed by atoms with Crippen LogP contribution in [0.4, 0.5) is 0 Å². The minimum absolute atomic E-state index is 0. The van der Waals surface area contributed by atoms with Crippen LogP contribution in [0.5, 0.6) is 0 Å². The molecule has 0 aromatic heterocycles.